The van der Waals surface area contributed by atoms with Crippen LogP contribution in [0.1, 0.15) is 15.2 Å². The van der Waals surface area contributed by atoms with Crippen molar-refractivity contribution in [3.63, 3.8) is 0 Å². The number of carbonyl (C=O) groups is 2. The van der Waals surface area contributed by atoms with Crippen molar-refractivity contribution in [3.05, 3.63) is 58.3 Å². The summed E-state index contributed by atoms with van der Waals surface area (Å²) in [6, 6.07) is 10.8. The van der Waals surface area contributed by atoms with Gasteiger partial charge in [-0.25, -0.2) is 0 Å². The Bertz CT molecular complexity index is 651. The number of carbonyl (C=O) groups excluding carboxylic acids is 2. The summed E-state index contributed by atoms with van der Waals surface area (Å²) in [5.74, 6) is -0.0981. The highest BCUT2D eigenvalue weighted by Gasteiger charge is 2.06. The quantitative estimate of drug-likeness (QED) is 0.672. The van der Waals surface area contributed by atoms with Crippen molar-refractivity contribution in [1.82, 2.24) is 10.9 Å². The van der Waals surface area contributed by atoms with E-state index in [0.29, 0.717) is 10.6 Å². The lowest BCUT2D eigenvalue weighted by atomic mass is 10.2. The second-order valence-corrected chi connectivity index (χ2v) is 4.94. The molecule has 2 rings (SSSR count). The SMILES string of the molecule is COc1ccccc1C=CC(=O)NNC(=O)c1cccs1. The van der Waals surface area contributed by atoms with Crippen LogP contribution in [0.4, 0.5) is 0 Å². The van der Waals surface area contributed by atoms with Gasteiger partial charge in [0, 0.05) is 11.6 Å². The maximum atomic E-state index is 11.6. The number of nitrogens with one attached hydrogen (secondary N) is 2. The van der Waals surface area contributed by atoms with Crippen LogP contribution in [0.15, 0.2) is 47.9 Å². The minimum atomic E-state index is -0.425. The van der Waals surface area contributed by atoms with Gasteiger partial charge in [0.1, 0.15) is 5.75 Å². The van der Waals surface area contributed by atoms with E-state index in [1.165, 1.54) is 17.4 Å². The van der Waals surface area contributed by atoms with Crippen molar-refractivity contribution in [2.24, 2.45) is 0 Å². The van der Waals surface area contributed by atoms with Crippen molar-refractivity contribution in [3.8, 4) is 5.75 Å². The Morgan fingerprint density at radius 3 is 2.67 bits per heavy atom. The molecule has 108 valence electrons. The van der Waals surface area contributed by atoms with Gasteiger partial charge in [-0.1, -0.05) is 24.3 Å². The number of ether oxygens (including phenoxy) is 1. The average Bonchev–Trinajstić information content (AvgIpc) is 3.05. The van der Waals surface area contributed by atoms with Crippen molar-refractivity contribution >= 4 is 29.2 Å². The van der Waals surface area contributed by atoms with E-state index in [1.54, 1.807) is 36.8 Å². The molecule has 0 spiro atoms. The molecule has 0 unspecified atom stereocenters. The molecular weight excluding hydrogens is 288 g/mol. The first-order chi connectivity index (χ1) is 10.2. The number of methoxy groups -OCH3 is 1. The van der Waals surface area contributed by atoms with Crippen LogP contribution in [-0.4, -0.2) is 18.9 Å². The Morgan fingerprint density at radius 1 is 1.14 bits per heavy atom. The van der Waals surface area contributed by atoms with Gasteiger partial charge in [-0.3, -0.25) is 20.4 Å². The highest BCUT2D eigenvalue weighted by Crippen LogP contribution is 2.18. The van der Waals surface area contributed by atoms with E-state index in [1.807, 2.05) is 18.2 Å². The highest BCUT2D eigenvalue weighted by atomic mass is 32.1. The Morgan fingerprint density at radius 2 is 1.95 bits per heavy atom. The third-order valence-corrected chi connectivity index (χ3v) is 3.47. The van der Waals surface area contributed by atoms with Crippen molar-refractivity contribution in [1.29, 1.82) is 0 Å². The summed E-state index contributed by atoms with van der Waals surface area (Å²) in [5.41, 5.74) is 5.44. The zero-order valence-electron chi connectivity index (χ0n) is 11.3. The molecule has 1 aromatic heterocycles. The number of benzene rings is 1. The predicted octanol–water partition coefficient (Wildman–Crippen LogP) is 2.23. The fraction of sp³-hybridized carbons (Fsp3) is 0.0667. The first kappa shape index (κ1) is 14.8. The summed E-state index contributed by atoms with van der Waals surface area (Å²) in [7, 11) is 1.56. The predicted molar refractivity (Wildman–Crippen MR) is 82.0 cm³/mol. The summed E-state index contributed by atoms with van der Waals surface area (Å²) in [6.45, 7) is 0. The molecule has 0 aliphatic rings. The molecule has 0 saturated heterocycles. The Balaban J connectivity index is 1.90. The maximum Gasteiger partial charge on any atom is 0.279 e. The number of rotatable bonds is 4. The molecule has 0 atom stereocenters. The summed E-state index contributed by atoms with van der Waals surface area (Å²) in [6.07, 6.45) is 2.94. The Hall–Kier alpha value is -2.60. The van der Waals surface area contributed by atoms with Crippen LogP contribution in [0.5, 0.6) is 5.75 Å². The number of hydrogen-bond acceptors (Lipinski definition) is 4. The van der Waals surface area contributed by atoms with Crippen LogP contribution in [0, 0.1) is 0 Å². The second kappa shape index (κ2) is 7.25. The van der Waals surface area contributed by atoms with Gasteiger partial charge >= 0.3 is 0 Å². The summed E-state index contributed by atoms with van der Waals surface area (Å²) >= 11 is 1.30. The Labute approximate surface area is 126 Å². The number of amides is 2. The van der Waals surface area contributed by atoms with Gasteiger partial charge in [0.05, 0.1) is 12.0 Å². The molecule has 0 aliphatic carbocycles. The molecule has 5 nitrogen and oxygen atoms in total. The second-order valence-electron chi connectivity index (χ2n) is 4.00. The van der Waals surface area contributed by atoms with E-state index in [0.717, 1.165) is 5.56 Å². The van der Waals surface area contributed by atoms with Gasteiger partial charge in [-0.05, 0) is 23.6 Å². The number of hydrogen-bond donors (Lipinski definition) is 2. The fourth-order valence-electron chi connectivity index (χ4n) is 1.60. The molecular formula is C15H14N2O3S. The van der Waals surface area contributed by atoms with E-state index in [2.05, 4.69) is 10.9 Å². The number of para-hydroxylation sites is 1. The van der Waals surface area contributed by atoms with Crippen LogP contribution in [-0.2, 0) is 4.79 Å². The lowest BCUT2D eigenvalue weighted by Crippen LogP contribution is -2.40. The van der Waals surface area contributed by atoms with Gasteiger partial charge in [0.15, 0.2) is 0 Å². The van der Waals surface area contributed by atoms with Crippen LogP contribution in [0.25, 0.3) is 6.08 Å². The van der Waals surface area contributed by atoms with E-state index < -0.39 is 5.91 Å². The molecule has 0 saturated carbocycles. The number of thiophene rings is 1. The Kier molecular flexibility index (Phi) is 5.11. The third kappa shape index (κ3) is 4.19. The zero-order valence-corrected chi connectivity index (χ0v) is 12.1. The minimum Gasteiger partial charge on any atom is -0.496 e. The molecule has 2 amide bonds. The van der Waals surface area contributed by atoms with Crippen molar-refractivity contribution in [2.45, 2.75) is 0 Å². The first-order valence-corrected chi connectivity index (χ1v) is 7.03. The maximum absolute atomic E-state index is 11.6. The molecule has 0 bridgehead atoms. The van der Waals surface area contributed by atoms with Crippen LogP contribution in [0.2, 0.25) is 0 Å². The van der Waals surface area contributed by atoms with Crippen molar-refractivity contribution in [2.75, 3.05) is 7.11 Å². The summed E-state index contributed by atoms with van der Waals surface area (Å²) < 4.78 is 5.17. The monoisotopic (exact) mass is 302 g/mol. The minimum absolute atomic E-state index is 0.343. The van der Waals surface area contributed by atoms with Crippen LogP contribution >= 0.6 is 11.3 Å². The normalized spacial score (nSPS) is 10.3. The zero-order chi connectivity index (χ0) is 15.1. The van der Waals surface area contributed by atoms with Gasteiger partial charge in [-0.2, -0.15) is 0 Å². The fourth-order valence-corrected chi connectivity index (χ4v) is 2.22. The van der Waals surface area contributed by atoms with Gasteiger partial charge in [0.2, 0.25) is 0 Å². The van der Waals surface area contributed by atoms with E-state index in [4.69, 9.17) is 4.74 Å². The summed E-state index contributed by atoms with van der Waals surface area (Å²) in [5, 5.41) is 1.79. The van der Waals surface area contributed by atoms with Gasteiger partial charge < -0.3 is 4.74 Å². The standard InChI is InChI=1S/C15H14N2O3S/c1-20-12-6-3-2-5-11(12)8-9-14(18)16-17-15(19)13-7-4-10-21-13/h2-10H,1H3,(H,16,18)(H,17,19). The topological polar surface area (TPSA) is 67.4 Å². The van der Waals surface area contributed by atoms with E-state index in [9.17, 15) is 9.59 Å². The molecule has 2 aromatic rings. The molecule has 6 heteroatoms. The lowest BCUT2D eigenvalue weighted by Gasteiger charge is -2.04. The van der Waals surface area contributed by atoms with Crippen LogP contribution < -0.4 is 15.6 Å². The van der Waals surface area contributed by atoms with Crippen molar-refractivity contribution < 1.29 is 14.3 Å². The molecule has 1 aromatic carbocycles. The van der Waals surface area contributed by atoms with Gasteiger partial charge in [0.25, 0.3) is 11.8 Å². The van der Waals surface area contributed by atoms with Crippen LogP contribution in [0.3, 0.4) is 0 Å². The average molecular weight is 302 g/mol. The van der Waals surface area contributed by atoms with Gasteiger partial charge in [-0.15, -0.1) is 11.3 Å². The van der Waals surface area contributed by atoms with E-state index >= 15 is 0 Å². The molecule has 0 fully saturated rings. The van der Waals surface area contributed by atoms with E-state index in [-0.39, 0.29) is 5.91 Å². The highest BCUT2D eigenvalue weighted by molar-refractivity contribution is 7.12. The lowest BCUT2D eigenvalue weighted by molar-refractivity contribution is -0.117. The molecule has 1 heterocycles. The largest absolute Gasteiger partial charge is 0.496 e. The third-order valence-electron chi connectivity index (χ3n) is 2.60. The smallest absolute Gasteiger partial charge is 0.279 e. The molecule has 0 radical (unpaired) electrons. The summed E-state index contributed by atoms with van der Waals surface area (Å²) in [4.78, 5) is 23.8. The number of hydrazine groups is 1. The molecule has 21 heavy (non-hydrogen) atoms. The first-order valence-electron chi connectivity index (χ1n) is 6.15. The molecule has 2 N–H and O–H groups in total. The molecule has 0 aliphatic heterocycles.